The Kier molecular flexibility index (Phi) is 9.64. The maximum absolute atomic E-state index is 5.19. The summed E-state index contributed by atoms with van der Waals surface area (Å²) in [6.07, 6.45) is 0. The van der Waals surface area contributed by atoms with Gasteiger partial charge in [0.15, 0.2) is 17.5 Å². The fourth-order valence-electron chi connectivity index (χ4n) is 6.42. The molecule has 0 saturated heterocycles. The van der Waals surface area contributed by atoms with Crippen LogP contribution in [0.3, 0.4) is 0 Å². The molecule has 0 N–H and O–H groups in total. The molecular formula is C49H55N3. The summed E-state index contributed by atoms with van der Waals surface area (Å²) in [5.41, 5.74) is 12.9. The lowest BCUT2D eigenvalue weighted by Gasteiger charge is -2.20. The van der Waals surface area contributed by atoms with Gasteiger partial charge in [-0.05, 0) is 84.4 Å². The van der Waals surface area contributed by atoms with E-state index in [1.807, 2.05) is 0 Å². The monoisotopic (exact) mass is 685 g/mol. The van der Waals surface area contributed by atoms with Gasteiger partial charge in [-0.2, -0.15) is 0 Å². The first-order valence-corrected chi connectivity index (χ1v) is 18.6. The summed E-state index contributed by atoms with van der Waals surface area (Å²) in [6.45, 7) is 26.9. The molecule has 1 aromatic heterocycles. The van der Waals surface area contributed by atoms with Gasteiger partial charge in [-0.1, -0.05) is 180 Å². The Bertz CT molecular complexity index is 1850. The summed E-state index contributed by atoms with van der Waals surface area (Å²) in [5, 5.41) is 0. The molecule has 0 spiro atoms. The molecule has 3 nitrogen and oxygen atoms in total. The highest BCUT2D eigenvalue weighted by Gasteiger charge is 2.20. The van der Waals surface area contributed by atoms with Crippen LogP contribution in [0.2, 0.25) is 0 Å². The Morgan fingerprint density at radius 1 is 0.250 bits per heavy atom. The van der Waals surface area contributed by atoms with Crippen molar-refractivity contribution >= 4 is 0 Å². The molecule has 52 heavy (non-hydrogen) atoms. The minimum atomic E-state index is 0.0513. The molecule has 0 aliphatic carbocycles. The second-order valence-electron chi connectivity index (χ2n) is 18.4. The first kappa shape index (κ1) is 36.9. The van der Waals surface area contributed by atoms with Crippen LogP contribution in [-0.2, 0) is 21.7 Å². The van der Waals surface area contributed by atoms with E-state index in [0.717, 1.165) is 38.9 Å². The van der Waals surface area contributed by atoms with Gasteiger partial charge < -0.3 is 0 Å². The van der Waals surface area contributed by atoms with E-state index in [4.69, 9.17) is 15.0 Å². The lowest BCUT2D eigenvalue weighted by atomic mass is 9.85. The molecule has 0 atom stereocenters. The molecule has 3 heteroatoms. The van der Waals surface area contributed by atoms with Crippen molar-refractivity contribution in [2.75, 3.05) is 0 Å². The van der Waals surface area contributed by atoms with Crippen molar-refractivity contribution in [1.82, 2.24) is 15.0 Å². The molecule has 6 rings (SSSR count). The first-order chi connectivity index (χ1) is 24.3. The number of rotatable bonds is 5. The topological polar surface area (TPSA) is 38.7 Å². The molecule has 1 heterocycles. The summed E-state index contributed by atoms with van der Waals surface area (Å²) >= 11 is 0. The summed E-state index contributed by atoms with van der Waals surface area (Å²) in [4.78, 5) is 15.5. The fraction of sp³-hybridized carbons (Fsp3) is 0.327. The van der Waals surface area contributed by atoms with E-state index in [-0.39, 0.29) is 21.7 Å². The quantitative estimate of drug-likeness (QED) is 0.181. The standard InChI is InChI=1S/C49H55N3/c1-46(2,3)39-21-13-32(14-22-39)36-29-37(33-15-23-40(24-16-33)47(4,5)6)31-38(30-36)45-51-43(34-17-25-41(26-18-34)48(7,8)9)50-44(52-45)35-19-27-42(28-20-35)49(10,11)12/h13-31H,1-12H3. The predicted molar refractivity (Wildman–Crippen MR) is 222 cm³/mol. The SMILES string of the molecule is CC(C)(C)c1ccc(-c2cc(-c3ccc(C(C)(C)C)cc3)cc(-c3nc(-c4ccc(C(C)(C)C)cc4)nc(-c4ccc(C(C)(C)C)cc4)n3)c2)cc1. The normalized spacial score (nSPS) is 12.6. The summed E-state index contributed by atoms with van der Waals surface area (Å²) in [7, 11) is 0. The van der Waals surface area contributed by atoms with Crippen LogP contribution in [0.4, 0.5) is 0 Å². The minimum Gasteiger partial charge on any atom is -0.208 e. The zero-order valence-electron chi connectivity index (χ0n) is 33.3. The Labute approximate surface area is 312 Å². The van der Waals surface area contributed by atoms with Crippen molar-refractivity contribution in [1.29, 1.82) is 0 Å². The molecular weight excluding hydrogens is 631 g/mol. The van der Waals surface area contributed by atoms with Crippen molar-refractivity contribution in [2.45, 2.75) is 105 Å². The number of hydrogen-bond acceptors (Lipinski definition) is 3. The maximum atomic E-state index is 5.19. The van der Waals surface area contributed by atoms with Crippen molar-refractivity contribution in [3.05, 3.63) is 138 Å². The van der Waals surface area contributed by atoms with E-state index in [1.54, 1.807) is 0 Å². The summed E-state index contributed by atoms with van der Waals surface area (Å²) in [5.74, 6) is 1.98. The van der Waals surface area contributed by atoms with Gasteiger partial charge in [0.05, 0.1) is 0 Å². The number of nitrogens with zero attached hydrogens (tertiary/aromatic N) is 3. The van der Waals surface area contributed by atoms with Gasteiger partial charge in [0, 0.05) is 16.7 Å². The van der Waals surface area contributed by atoms with Crippen molar-refractivity contribution < 1.29 is 0 Å². The van der Waals surface area contributed by atoms with Gasteiger partial charge in [-0.15, -0.1) is 0 Å². The Morgan fingerprint density at radius 3 is 0.712 bits per heavy atom. The molecule has 0 aliphatic heterocycles. The molecule has 0 fully saturated rings. The van der Waals surface area contributed by atoms with Crippen LogP contribution < -0.4 is 0 Å². The average molecular weight is 686 g/mol. The molecule has 6 aromatic rings. The Morgan fingerprint density at radius 2 is 0.462 bits per heavy atom. The van der Waals surface area contributed by atoms with E-state index >= 15 is 0 Å². The van der Waals surface area contributed by atoms with E-state index in [9.17, 15) is 0 Å². The molecule has 0 radical (unpaired) electrons. The van der Waals surface area contributed by atoms with Crippen LogP contribution in [-0.4, -0.2) is 15.0 Å². The van der Waals surface area contributed by atoms with E-state index in [1.165, 1.54) is 22.3 Å². The largest absolute Gasteiger partial charge is 0.208 e. The number of benzene rings is 5. The van der Waals surface area contributed by atoms with Gasteiger partial charge in [0.2, 0.25) is 0 Å². The molecule has 266 valence electrons. The summed E-state index contributed by atoms with van der Waals surface area (Å²) in [6, 6.07) is 42.0. The number of aromatic nitrogens is 3. The minimum absolute atomic E-state index is 0.0513. The van der Waals surface area contributed by atoms with E-state index in [0.29, 0.717) is 17.5 Å². The molecule has 0 saturated carbocycles. The molecule has 0 unspecified atom stereocenters. The second-order valence-corrected chi connectivity index (χ2v) is 18.4. The highest BCUT2D eigenvalue weighted by atomic mass is 15.0. The van der Waals surface area contributed by atoms with Gasteiger partial charge in [-0.3, -0.25) is 0 Å². The smallest absolute Gasteiger partial charge is 0.164 e. The van der Waals surface area contributed by atoms with Gasteiger partial charge in [-0.25, -0.2) is 15.0 Å². The average Bonchev–Trinajstić information content (AvgIpc) is 3.10. The van der Waals surface area contributed by atoms with Crippen LogP contribution in [0.1, 0.15) is 105 Å². The Hall–Kier alpha value is -4.89. The van der Waals surface area contributed by atoms with Crippen LogP contribution in [0.25, 0.3) is 56.4 Å². The zero-order valence-corrected chi connectivity index (χ0v) is 33.3. The van der Waals surface area contributed by atoms with Crippen LogP contribution in [0.5, 0.6) is 0 Å². The van der Waals surface area contributed by atoms with Crippen LogP contribution in [0, 0.1) is 0 Å². The molecule has 0 bridgehead atoms. The third-order valence-corrected chi connectivity index (χ3v) is 10.0. The number of hydrogen-bond donors (Lipinski definition) is 0. The lowest BCUT2D eigenvalue weighted by Crippen LogP contribution is -2.11. The zero-order chi connectivity index (χ0) is 37.6. The summed E-state index contributed by atoms with van der Waals surface area (Å²) < 4.78 is 0. The van der Waals surface area contributed by atoms with E-state index < -0.39 is 0 Å². The third-order valence-electron chi connectivity index (χ3n) is 10.0. The predicted octanol–water partition coefficient (Wildman–Crippen LogP) is 13.4. The van der Waals surface area contributed by atoms with Crippen molar-refractivity contribution in [3.63, 3.8) is 0 Å². The fourth-order valence-corrected chi connectivity index (χ4v) is 6.42. The van der Waals surface area contributed by atoms with Crippen molar-refractivity contribution in [2.24, 2.45) is 0 Å². The molecule has 5 aromatic carbocycles. The van der Waals surface area contributed by atoms with E-state index in [2.05, 4.69) is 198 Å². The van der Waals surface area contributed by atoms with Crippen molar-refractivity contribution in [3.8, 4) is 56.4 Å². The molecule has 0 aliphatic rings. The highest BCUT2D eigenvalue weighted by molar-refractivity contribution is 5.80. The van der Waals surface area contributed by atoms with Crippen LogP contribution >= 0.6 is 0 Å². The molecule has 0 amide bonds. The van der Waals surface area contributed by atoms with Gasteiger partial charge in [0.1, 0.15) is 0 Å². The third kappa shape index (κ3) is 8.26. The highest BCUT2D eigenvalue weighted by Crippen LogP contribution is 2.36. The lowest BCUT2D eigenvalue weighted by molar-refractivity contribution is 0.590. The van der Waals surface area contributed by atoms with Crippen LogP contribution in [0.15, 0.2) is 115 Å². The van der Waals surface area contributed by atoms with Gasteiger partial charge >= 0.3 is 0 Å². The maximum Gasteiger partial charge on any atom is 0.164 e. The second kappa shape index (κ2) is 13.6. The first-order valence-electron chi connectivity index (χ1n) is 18.6. The van der Waals surface area contributed by atoms with Gasteiger partial charge in [0.25, 0.3) is 0 Å². The Balaban J connectivity index is 1.55.